The second-order valence-corrected chi connectivity index (χ2v) is 17.7. The fourth-order valence-corrected chi connectivity index (χ4v) is 13.2. The van der Waals surface area contributed by atoms with Gasteiger partial charge in [-0.25, -0.2) is 0 Å². The molecule has 8 heteroatoms. The summed E-state index contributed by atoms with van der Waals surface area (Å²) >= 11 is 0. The van der Waals surface area contributed by atoms with Gasteiger partial charge >= 0.3 is 5.97 Å². The van der Waals surface area contributed by atoms with E-state index in [4.69, 9.17) is 18.9 Å². The lowest BCUT2D eigenvalue weighted by atomic mass is 9.46. The fraction of sp³-hybridized carbons (Fsp3) is 0.878. The maximum atomic E-state index is 12.0. The highest BCUT2D eigenvalue weighted by Gasteiger charge is 2.84. The van der Waals surface area contributed by atoms with Crippen LogP contribution in [0.3, 0.4) is 0 Å². The Labute approximate surface area is 296 Å². The van der Waals surface area contributed by atoms with Crippen LogP contribution in [0.2, 0.25) is 0 Å². The highest BCUT2D eigenvalue weighted by molar-refractivity contribution is 5.66. The first-order valence-electron chi connectivity index (χ1n) is 19.2. The number of carbonyl (C=O) groups excluding carboxylic acids is 1. The largest absolute Gasteiger partial charge is 0.491 e. The van der Waals surface area contributed by atoms with E-state index in [9.17, 15) is 20.1 Å². The van der Waals surface area contributed by atoms with Crippen molar-refractivity contribution in [3.8, 4) is 12.8 Å². The van der Waals surface area contributed by atoms with Gasteiger partial charge in [-0.15, -0.1) is 12.8 Å². The molecule has 3 N–H and O–H groups in total. The van der Waals surface area contributed by atoms with Crippen LogP contribution in [-0.2, 0) is 23.7 Å². The number of allylic oxidation sites excluding steroid dienone is 2. The molecule has 0 bridgehead atoms. The Bertz CT molecular complexity index is 1280. The number of hydrogen-bond acceptors (Lipinski definition) is 8. The Morgan fingerprint density at radius 1 is 0.959 bits per heavy atom. The predicted molar refractivity (Wildman–Crippen MR) is 189 cm³/mol. The summed E-state index contributed by atoms with van der Waals surface area (Å²) in [6.45, 7) is 21.2. The number of carbonyl (C=O) groups is 1. The van der Waals surface area contributed by atoms with E-state index in [2.05, 4.69) is 47.5 Å². The normalized spacial score (nSPS) is 46.7. The third-order valence-electron chi connectivity index (χ3n) is 15.0. The summed E-state index contributed by atoms with van der Waals surface area (Å²) in [5.41, 5.74) is 1.11. The predicted octanol–water partition coefficient (Wildman–Crippen LogP) is 6.79. The molecule has 4 unspecified atom stereocenters. The molecule has 1 saturated heterocycles. The Kier molecular flexibility index (Phi) is 10.6. The molecule has 0 amide bonds. The van der Waals surface area contributed by atoms with Crippen molar-refractivity contribution >= 4 is 5.97 Å². The summed E-state index contributed by atoms with van der Waals surface area (Å²) < 4.78 is 24.9. The van der Waals surface area contributed by atoms with E-state index in [0.717, 1.165) is 25.0 Å². The van der Waals surface area contributed by atoms with E-state index in [-0.39, 0.29) is 35.6 Å². The van der Waals surface area contributed by atoms with Crippen molar-refractivity contribution in [2.24, 2.45) is 51.2 Å². The number of aliphatic hydroxyl groups is 3. The Balaban J connectivity index is 0.00000113. The lowest BCUT2D eigenvalue weighted by Gasteiger charge is -2.59. The molecule has 49 heavy (non-hydrogen) atoms. The topological polar surface area (TPSA) is 115 Å². The Morgan fingerprint density at radius 3 is 2.24 bits per heavy atom. The van der Waals surface area contributed by atoms with Gasteiger partial charge < -0.3 is 34.3 Å². The molecular weight excluding hydrogens is 620 g/mol. The minimum atomic E-state index is -1.19. The van der Waals surface area contributed by atoms with Gasteiger partial charge in [-0.1, -0.05) is 48.5 Å². The zero-order valence-electron chi connectivity index (χ0n) is 32.0. The van der Waals surface area contributed by atoms with Gasteiger partial charge in [0.05, 0.1) is 30.2 Å². The van der Waals surface area contributed by atoms with Crippen molar-refractivity contribution in [3.63, 3.8) is 0 Å². The number of terminal acetylenes is 1. The van der Waals surface area contributed by atoms with Gasteiger partial charge in [-0.05, 0) is 116 Å². The highest BCUT2D eigenvalue weighted by Crippen LogP contribution is 2.89. The maximum Gasteiger partial charge on any atom is 0.303 e. The molecule has 5 fully saturated rings. The van der Waals surface area contributed by atoms with Gasteiger partial charge in [0.25, 0.3) is 0 Å². The molecule has 2 heterocycles. The second kappa shape index (κ2) is 13.4. The van der Waals surface area contributed by atoms with Crippen LogP contribution in [0.15, 0.2) is 11.3 Å². The first-order valence-corrected chi connectivity index (χ1v) is 19.2. The van der Waals surface area contributed by atoms with E-state index in [1.165, 1.54) is 44.6 Å². The zero-order chi connectivity index (χ0) is 36.5. The SMILES string of the molecule is C#C.CC.CC(=O)O[C@@H]([C@H]1C[C@@H](C)C2=C(CC3[C@@H]4CCC5C(C)(C)[C@@H](OC6C[C@@H](O)[C@H](O)CO6)CCC56[C@@H](C)[C@@]46CC[C@]23C)O1)C(C)(C)O. The van der Waals surface area contributed by atoms with E-state index in [1.54, 1.807) is 13.8 Å². The van der Waals surface area contributed by atoms with Crippen LogP contribution in [0.25, 0.3) is 0 Å². The van der Waals surface area contributed by atoms with Crippen molar-refractivity contribution in [1.29, 1.82) is 0 Å². The molecule has 4 saturated carbocycles. The number of aliphatic hydroxyl groups excluding tert-OH is 2. The number of esters is 1. The highest BCUT2D eigenvalue weighted by atomic mass is 16.7. The standard InChI is InChI=1S/C37H58O8.C2H6.C2H2/c1-19-15-27(32(34(6,7)41)43-21(3)38)44-26-16-23-22-9-10-28-33(4,5)29(45-30-17-24(39)25(40)18-42-30)11-12-37(28)20(2)36(22,37)14-13-35(23,8)31(19)26;2*1-2/h19-20,22-25,27-30,32,39-41H,9-18H2,1-8H3;1-2H3;1-2H/t19-,20+,22+,23?,24-,25-,27-,28?,29+,30?,32+,35+,36+,37?;;/m1../s1. The average Bonchev–Trinajstić information content (AvgIpc) is 3.40. The molecule has 14 atom stereocenters. The van der Waals surface area contributed by atoms with Gasteiger partial charge in [-0.2, -0.15) is 0 Å². The molecule has 0 radical (unpaired) electrons. The van der Waals surface area contributed by atoms with Crippen molar-refractivity contribution in [1.82, 2.24) is 0 Å². The molecular formula is C41H66O8. The van der Waals surface area contributed by atoms with Gasteiger partial charge in [-0.3, -0.25) is 4.79 Å². The zero-order valence-corrected chi connectivity index (χ0v) is 32.0. The van der Waals surface area contributed by atoms with Gasteiger partial charge in [0.2, 0.25) is 0 Å². The molecule has 7 aliphatic rings. The average molecular weight is 687 g/mol. The lowest BCUT2D eigenvalue weighted by Crippen LogP contribution is -2.55. The van der Waals surface area contributed by atoms with Crippen molar-refractivity contribution < 1.29 is 39.1 Å². The molecule has 0 aromatic heterocycles. The van der Waals surface area contributed by atoms with E-state index >= 15 is 0 Å². The van der Waals surface area contributed by atoms with Gasteiger partial charge in [0.1, 0.15) is 12.2 Å². The molecule has 2 aliphatic heterocycles. The summed E-state index contributed by atoms with van der Waals surface area (Å²) in [5.74, 6) is 3.52. The molecule has 0 aromatic carbocycles. The van der Waals surface area contributed by atoms with Crippen molar-refractivity contribution in [2.75, 3.05) is 6.61 Å². The number of fused-ring (bicyclic) bond motifs is 3. The molecule has 0 aromatic rings. The van der Waals surface area contributed by atoms with Gasteiger partial charge in [0.15, 0.2) is 12.4 Å². The summed E-state index contributed by atoms with van der Waals surface area (Å²) in [5, 5.41) is 31.1. The quantitative estimate of drug-likeness (QED) is 0.165. The van der Waals surface area contributed by atoms with Crippen molar-refractivity contribution in [3.05, 3.63) is 11.3 Å². The Morgan fingerprint density at radius 2 is 1.63 bits per heavy atom. The summed E-state index contributed by atoms with van der Waals surface area (Å²) in [6.07, 6.45) is 14.0. The van der Waals surface area contributed by atoms with Crippen LogP contribution in [0.5, 0.6) is 0 Å². The molecule has 8 nitrogen and oxygen atoms in total. The van der Waals surface area contributed by atoms with Crippen LogP contribution >= 0.6 is 0 Å². The monoisotopic (exact) mass is 686 g/mol. The molecule has 278 valence electrons. The van der Waals surface area contributed by atoms with E-state index < -0.39 is 30.2 Å². The number of rotatable bonds is 5. The van der Waals surface area contributed by atoms with Crippen LogP contribution in [0, 0.1) is 64.1 Å². The van der Waals surface area contributed by atoms with E-state index in [1.807, 2.05) is 13.8 Å². The summed E-state index contributed by atoms with van der Waals surface area (Å²) in [4.78, 5) is 12.0. The minimum Gasteiger partial charge on any atom is -0.491 e. The molecule has 5 aliphatic carbocycles. The lowest BCUT2D eigenvalue weighted by molar-refractivity contribution is -0.264. The smallest absolute Gasteiger partial charge is 0.303 e. The van der Waals surface area contributed by atoms with Crippen molar-refractivity contribution in [2.45, 2.75) is 169 Å². The first-order chi connectivity index (χ1) is 23.0. The number of ether oxygens (including phenoxy) is 4. The second-order valence-electron chi connectivity index (χ2n) is 17.7. The summed E-state index contributed by atoms with van der Waals surface area (Å²) in [6, 6.07) is 0. The van der Waals surface area contributed by atoms with Gasteiger partial charge in [0, 0.05) is 19.8 Å². The molecule has 2 spiro atoms. The number of hydrogen-bond donors (Lipinski definition) is 3. The third-order valence-corrected chi connectivity index (χ3v) is 15.0. The van der Waals surface area contributed by atoms with E-state index in [0.29, 0.717) is 46.8 Å². The van der Waals surface area contributed by atoms with Crippen LogP contribution in [0.1, 0.15) is 127 Å². The third kappa shape index (κ3) is 5.72. The van der Waals surface area contributed by atoms with Crippen LogP contribution in [-0.4, -0.2) is 70.3 Å². The van der Waals surface area contributed by atoms with Crippen LogP contribution in [0.4, 0.5) is 0 Å². The Hall–Kier alpha value is -1.63. The fourth-order valence-electron chi connectivity index (χ4n) is 13.2. The first kappa shape index (κ1) is 38.6. The maximum absolute atomic E-state index is 12.0. The molecule has 7 rings (SSSR count). The minimum absolute atomic E-state index is 0.00701. The summed E-state index contributed by atoms with van der Waals surface area (Å²) in [7, 11) is 0. The van der Waals surface area contributed by atoms with Crippen LogP contribution < -0.4 is 0 Å².